The van der Waals surface area contributed by atoms with Crippen molar-refractivity contribution in [3.63, 3.8) is 0 Å². The molecule has 0 aliphatic carbocycles. The first kappa shape index (κ1) is 50.0. The van der Waals surface area contributed by atoms with Crippen molar-refractivity contribution in [2.45, 2.75) is 188 Å². The highest BCUT2D eigenvalue weighted by Gasteiger charge is 2.63. The van der Waals surface area contributed by atoms with Gasteiger partial charge in [0.2, 0.25) is 0 Å². The largest absolute Gasteiger partial charge is 0.458 e. The summed E-state index contributed by atoms with van der Waals surface area (Å²) in [7, 11) is 3.98. The van der Waals surface area contributed by atoms with Crippen molar-refractivity contribution in [2.24, 2.45) is 23.7 Å². The lowest BCUT2D eigenvalue weighted by Crippen LogP contribution is -2.63. The van der Waals surface area contributed by atoms with E-state index in [0.717, 1.165) is 11.3 Å². The second-order valence-corrected chi connectivity index (χ2v) is 19.6. The summed E-state index contributed by atoms with van der Waals surface area (Å²) in [6, 6.07) is -2.22. The van der Waals surface area contributed by atoms with Crippen molar-refractivity contribution in [3.05, 3.63) is 0 Å². The number of hydrogen-bond acceptors (Lipinski definition) is 14. The van der Waals surface area contributed by atoms with Crippen LogP contribution in [0.1, 0.15) is 123 Å². The zero-order chi connectivity index (χ0) is 45.2. The lowest BCUT2D eigenvalue weighted by molar-refractivity contribution is -0.282. The maximum absolute atomic E-state index is 14.6. The number of ketones is 1. The van der Waals surface area contributed by atoms with Crippen LogP contribution in [0.3, 0.4) is 0 Å². The van der Waals surface area contributed by atoms with E-state index in [-0.39, 0.29) is 44.1 Å². The molecule has 16 heteroatoms. The van der Waals surface area contributed by atoms with Gasteiger partial charge in [-0.25, -0.2) is 19.3 Å². The lowest BCUT2D eigenvalue weighted by Gasteiger charge is -2.48. The highest BCUT2D eigenvalue weighted by molar-refractivity contribution is 6.00. The van der Waals surface area contributed by atoms with Crippen molar-refractivity contribution in [2.75, 3.05) is 27.2 Å². The molecule has 3 amide bonds. The number of hydrogen-bond donors (Lipinski definition) is 0. The van der Waals surface area contributed by atoms with E-state index in [9.17, 15) is 28.8 Å². The van der Waals surface area contributed by atoms with Crippen LogP contribution >= 0.6 is 0 Å². The Labute approximate surface area is 351 Å². The van der Waals surface area contributed by atoms with Gasteiger partial charge in [-0.05, 0) is 115 Å². The standard InChI is InChI=1S/C43H73N3O13/c1-18-31-43(15)33(46(39(52)59-43)38(51)58-41(11,12)13)29(7)45(37(50)57-40(8,9)10)23-24(2)22-42(14,53-20-19-47)34(27(5)32(48)28(6)35(49)55-31)56-36-26(4)30(44(16)17)21-25(3)54-36/h19,24-31,33-34,36H,18,20-23H2,1-17H3/t24-,25?,26?,27+,28-,29-,30?,31-,33-,34-,36?,42-,43-/m1/s1. The fourth-order valence-electron chi connectivity index (χ4n) is 9.01. The van der Waals surface area contributed by atoms with Gasteiger partial charge in [0.1, 0.15) is 42.2 Å². The normalized spacial score (nSPS) is 36.8. The van der Waals surface area contributed by atoms with Crippen LogP contribution in [0.25, 0.3) is 0 Å². The predicted molar refractivity (Wildman–Crippen MR) is 217 cm³/mol. The van der Waals surface area contributed by atoms with E-state index in [2.05, 4.69) is 4.90 Å². The molecule has 0 spiro atoms. The summed E-state index contributed by atoms with van der Waals surface area (Å²) in [5.74, 6) is -4.36. The van der Waals surface area contributed by atoms with Crippen LogP contribution < -0.4 is 0 Å². The van der Waals surface area contributed by atoms with Crippen molar-refractivity contribution in [3.8, 4) is 0 Å². The first-order valence-electron chi connectivity index (χ1n) is 21.1. The van der Waals surface area contributed by atoms with Gasteiger partial charge < -0.3 is 47.8 Å². The van der Waals surface area contributed by atoms with Gasteiger partial charge in [0.25, 0.3) is 0 Å². The molecule has 0 aromatic carbocycles. The van der Waals surface area contributed by atoms with E-state index in [0.29, 0.717) is 6.29 Å². The van der Waals surface area contributed by atoms with Crippen LogP contribution in [-0.4, -0.2) is 143 Å². The molecule has 338 valence electrons. The monoisotopic (exact) mass is 840 g/mol. The maximum atomic E-state index is 14.6. The minimum atomic E-state index is -1.74. The highest BCUT2D eigenvalue weighted by Crippen LogP contribution is 2.42. The third-order valence-electron chi connectivity index (χ3n) is 11.8. The Balaban J connectivity index is 2.32. The van der Waals surface area contributed by atoms with E-state index in [1.54, 1.807) is 76.2 Å². The summed E-state index contributed by atoms with van der Waals surface area (Å²) in [4.78, 5) is 87.3. The number of imide groups is 1. The van der Waals surface area contributed by atoms with Gasteiger partial charge in [-0.15, -0.1) is 0 Å². The van der Waals surface area contributed by atoms with Gasteiger partial charge in [0, 0.05) is 24.4 Å². The molecule has 3 fully saturated rings. The third kappa shape index (κ3) is 11.7. The molecule has 0 N–H and O–H groups in total. The van der Waals surface area contributed by atoms with Crippen molar-refractivity contribution in [1.82, 2.24) is 14.7 Å². The third-order valence-corrected chi connectivity index (χ3v) is 11.8. The second-order valence-electron chi connectivity index (χ2n) is 19.6. The number of ether oxygens (including phenoxy) is 7. The SMILES string of the molecule is CC[C@H]1OC(=O)[C@H](C)C(=O)[C@H](C)[C@@H](OC2OC(C)CC(N(C)C)C2C)[C@](C)(OCC=O)C[C@@H](C)CN(C(=O)OC(C)(C)C)[C@H](C)[C@H]2N(C(=O)OC(C)(C)C)C(=O)O[C@]12C. The minimum absolute atomic E-state index is 0.0167. The van der Waals surface area contributed by atoms with Crippen LogP contribution in [0.5, 0.6) is 0 Å². The van der Waals surface area contributed by atoms with Gasteiger partial charge >= 0.3 is 24.2 Å². The molecule has 0 bridgehead atoms. The Morgan fingerprint density at radius 2 is 1.51 bits per heavy atom. The van der Waals surface area contributed by atoms with Gasteiger partial charge in [0.15, 0.2) is 17.7 Å². The Morgan fingerprint density at radius 3 is 2.03 bits per heavy atom. The number of fused-ring (bicyclic) bond motifs is 1. The molecular formula is C43H73N3O13. The smallest absolute Gasteiger partial charge is 0.420 e. The number of carbonyl (C=O) groups is 6. The molecule has 3 rings (SSSR count). The molecule has 3 saturated heterocycles. The van der Waals surface area contributed by atoms with Crippen LogP contribution in [-0.2, 0) is 47.5 Å². The van der Waals surface area contributed by atoms with Crippen LogP contribution in [0, 0.1) is 23.7 Å². The Hall–Kier alpha value is -3.34. The molecule has 3 aliphatic heterocycles. The molecular weight excluding hydrogens is 766 g/mol. The highest BCUT2D eigenvalue weighted by atomic mass is 16.7. The Bertz CT molecular complexity index is 1530. The Morgan fingerprint density at radius 1 is 0.932 bits per heavy atom. The van der Waals surface area contributed by atoms with Gasteiger partial charge in [0.05, 0.1) is 23.9 Å². The molecule has 13 atom stereocenters. The molecule has 4 unspecified atom stereocenters. The van der Waals surface area contributed by atoms with E-state index in [1.807, 2.05) is 34.9 Å². The molecule has 3 heterocycles. The Kier molecular flexibility index (Phi) is 16.2. The average molecular weight is 840 g/mol. The predicted octanol–water partition coefficient (Wildman–Crippen LogP) is 6.39. The number of carbonyl (C=O) groups excluding carboxylic acids is 6. The van der Waals surface area contributed by atoms with Gasteiger partial charge in [-0.1, -0.05) is 27.7 Å². The second kappa shape index (κ2) is 19.1. The van der Waals surface area contributed by atoms with Gasteiger partial charge in [-0.2, -0.15) is 0 Å². The van der Waals surface area contributed by atoms with E-state index < -0.39 is 101 Å². The van der Waals surface area contributed by atoms with Crippen molar-refractivity contribution < 1.29 is 61.9 Å². The van der Waals surface area contributed by atoms with Crippen LogP contribution in [0.2, 0.25) is 0 Å². The molecule has 16 nitrogen and oxygen atoms in total. The summed E-state index contributed by atoms with van der Waals surface area (Å²) < 4.78 is 43.5. The summed E-state index contributed by atoms with van der Waals surface area (Å²) in [5, 5.41) is 0. The summed E-state index contributed by atoms with van der Waals surface area (Å²) in [6.07, 6.45) is -4.44. The zero-order valence-electron chi connectivity index (χ0n) is 38.6. The van der Waals surface area contributed by atoms with Crippen molar-refractivity contribution >= 4 is 36.3 Å². The quantitative estimate of drug-likeness (QED) is 0.119. The topological polar surface area (TPSA) is 177 Å². The molecule has 0 aromatic rings. The van der Waals surface area contributed by atoms with Gasteiger partial charge in [-0.3, -0.25) is 9.59 Å². The summed E-state index contributed by atoms with van der Waals surface area (Å²) >= 11 is 0. The molecule has 0 radical (unpaired) electrons. The minimum Gasteiger partial charge on any atom is -0.458 e. The summed E-state index contributed by atoms with van der Waals surface area (Å²) in [6.45, 7) is 25.4. The average Bonchev–Trinajstić information content (AvgIpc) is 3.38. The number of rotatable bonds is 7. The lowest BCUT2D eigenvalue weighted by atomic mass is 9.78. The van der Waals surface area contributed by atoms with Crippen LogP contribution in [0.15, 0.2) is 0 Å². The van der Waals surface area contributed by atoms with E-state index in [1.165, 1.54) is 11.8 Å². The first-order valence-corrected chi connectivity index (χ1v) is 21.1. The summed E-state index contributed by atoms with van der Waals surface area (Å²) in [5.41, 5.74) is -5.08. The first-order chi connectivity index (χ1) is 27.0. The van der Waals surface area contributed by atoms with E-state index in [4.69, 9.17) is 33.2 Å². The van der Waals surface area contributed by atoms with Crippen molar-refractivity contribution in [1.29, 1.82) is 0 Å². The number of nitrogens with zero attached hydrogens (tertiary/aromatic N) is 3. The molecule has 0 aromatic heterocycles. The maximum Gasteiger partial charge on any atom is 0.420 e. The number of amides is 3. The zero-order valence-corrected chi connectivity index (χ0v) is 38.6. The van der Waals surface area contributed by atoms with E-state index >= 15 is 0 Å². The number of Topliss-reactive ketones (excluding diaryl/α,β-unsaturated/α-hetero) is 1. The fraction of sp³-hybridized carbons (Fsp3) is 0.860. The fourth-order valence-corrected chi connectivity index (χ4v) is 9.01. The number of esters is 1. The number of aldehydes is 1. The molecule has 0 saturated carbocycles. The molecule has 3 aliphatic rings. The molecule has 59 heavy (non-hydrogen) atoms. The number of cyclic esters (lactones) is 1. The van der Waals surface area contributed by atoms with Crippen LogP contribution in [0.4, 0.5) is 14.4 Å².